The van der Waals surface area contributed by atoms with Crippen LogP contribution in [-0.4, -0.2) is 25.0 Å². The molecule has 150 valence electrons. The molecule has 1 heterocycles. The molecule has 0 saturated heterocycles. The van der Waals surface area contributed by atoms with Crippen LogP contribution < -0.4 is 15.4 Å². The average molecular weight is 409 g/mol. The fourth-order valence-corrected chi connectivity index (χ4v) is 5.07. The van der Waals surface area contributed by atoms with Gasteiger partial charge in [0.15, 0.2) is 6.61 Å². The molecule has 0 unspecified atom stereocenters. The molecular weight excluding hydrogens is 384 g/mol. The molecule has 2 amide bonds. The first-order valence-electron chi connectivity index (χ1n) is 10.0. The van der Waals surface area contributed by atoms with Crippen LogP contribution in [0, 0.1) is 0 Å². The van der Waals surface area contributed by atoms with Crippen molar-refractivity contribution in [2.24, 2.45) is 0 Å². The van der Waals surface area contributed by atoms with E-state index in [0.717, 1.165) is 42.0 Å². The van der Waals surface area contributed by atoms with Gasteiger partial charge in [0.1, 0.15) is 10.8 Å². The molecule has 0 atom stereocenters. The summed E-state index contributed by atoms with van der Waals surface area (Å²) >= 11 is 1.52. The van der Waals surface area contributed by atoms with Crippen LogP contribution in [0.1, 0.15) is 40.6 Å². The van der Waals surface area contributed by atoms with Crippen molar-refractivity contribution in [3.8, 4) is 5.75 Å². The number of carbonyl (C=O) groups excluding carboxylic acids is 2. The fourth-order valence-electron chi connectivity index (χ4n) is 3.77. The lowest BCUT2D eigenvalue weighted by Crippen LogP contribution is -2.26. The van der Waals surface area contributed by atoms with E-state index in [0.29, 0.717) is 22.9 Å². The van der Waals surface area contributed by atoms with Crippen LogP contribution in [0.2, 0.25) is 0 Å². The highest BCUT2D eigenvalue weighted by Gasteiger charge is 2.26. The third kappa shape index (κ3) is 4.12. The van der Waals surface area contributed by atoms with E-state index in [9.17, 15) is 9.59 Å². The van der Waals surface area contributed by atoms with E-state index in [1.807, 2.05) is 49.4 Å². The molecule has 1 aromatic heterocycles. The Labute approximate surface area is 174 Å². The Morgan fingerprint density at radius 1 is 1.07 bits per heavy atom. The maximum atomic E-state index is 12.6. The number of thiophene rings is 1. The van der Waals surface area contributed by atoms with Crippen molar-refractivity contribution in [3.05, 3.63) is 58.5 Å². The minimum Gasteiger partial charge on any atom is -0.483 e. The molecule has 0 saturated carbocycles. The molecule has 6 heteroatoms. The van der Waals surface area contributed by atoms with Gasteiger partial charge in [0.25, 0.3) is 11.8 Å². The zero-order valence-corrected chi connectivity index (χ0v) is 17.2. The molecule has 0 radical (unpaired) electrons. The third-order valence-corrected chi connectivity index (χ3v) is 6.30. The zero-order valence-electron chi connectivity index (χ0n) is 16.4. The Balaban J connectivity index is 1.51. The second kappa shape index (κ2) is 8.66. The van der Waals surface area contributed by atoms with Gasteiger partial charge in [0.2, 0.25) is 0 Å². The lowest BCUT2D eigenvalue weighted by atomic mass is 9.95. The summed E-state index contributed by atoms with van der Waals surface area (Å²) in [5, 5.41) is 8.46. The van der Waals surface area contributed by atoms with Crippen LogP contribution in [0.15, 0.2) is 42.5 Å². The lowest BCUT2D eigenvalue weighted by Gasteiger charge is -2.13. The zero-order chi connectivity index (χ0) is 20.2. The summed E-state index contributed by atoms with van der Waals surface area (Å²) in [7, 11) is 0. The number of hydrogen-bond acceptors (Lipinski definition) is 4. The van der Waals surface area contributed by atoms with Crippen molar-refractivity contribution in [3.63, 3.8) is 0 Å². The minimum absolute atomic E-state index is 0.106. The SMILES string of the molecule is CCNC(=O)c1c(NC(=O)COc2cccc3ccccc23)sc2c1CCCC2. The van der Waals surface area contributed by atoms with Crippen molar-refractivity contribution in [1.82, 2.24) is 5.32 Å². The van der Waals surface area contributed by atoms with Gasteiger partial charge in [-0.25, -0.2) is 0 Å². The van der Waals surface area contributed by atoms with Crippen LogP contribution in [0.5, 0.6) is 5.75 Å². The van der Waals surface area contributed by atoms with Crippen LogP contribution in [0.3, 0.4) is 0 Å². The first-order chi connectivity index (χ1) is 14.2. The highest BCUT2D eigenvalue weighted by atomic mass is 32.1. The van der Waals surface area contributed by atoms with Crippen molar-refractivity contribution < 1.29 is 14.3 Å². The van der Waals surface area contributed by atoms with Crippen molar-refractivity contribution >= 4 is 38.9 Å². The molecule has 1 aliphatic carbocycles. The summed E-state index contributed by atoms with van der Waals surface area (Å²) in [5.74, 6) is 0.298. The number of carbonyl (C=O) groups is 2. The average Bonchev–Trinajstić information content (AvgIpc) is 3.10. The maximum Gasteiger partial charge on any atom is 0.262 e. The predicted octanol–water partition coefficient (Wildman–Crippen LogP) is 4.55. The van der Waals surface area contributed by atoms with Gasteiger partial charge in [-0.3, -0.25) is 9.59 Å². The van der Waals surface area contributed by atoms with Crippen molar-refractivity contribution in [2.45, 2.75) is 32.6 Å². The van der Waals surface area contributed by atoms with Gasteiger partial charge in [0, 0.05) is 16.8 Å². The second-order valence-corrected chi connectivity index (χ2v) is 8.19. The quantitative estimate of drug-likeness (QED) is 0.629. The maximum absolute atomic E-state index is 12.6. The summed E-state index contributed by atoms with van der Waals surface area (Å²) in [4.78, 5) is 26.4. The minimum atomic E-state index is -0.262. The molecule has 0 aliphatic heterocycles. The highest BCUT2D eigenvalue weighted by Crippen LogP contribution is 2.38. The first kappa shape index (κ1) is 19.5. The number of ether oxygens (including phenoxy) is 1. The van der Waals surface area contributed by atoms with Crippen LogP contribution >= 0.6 is 11.3 Å². The van der Waals surface area contributed by atoms with E-state index in [1.54, 1.807) is 0 Å². The molecule has 3 aromatic rings. The van der Waals surface area contributed by atoms with Gasteiger partial charge >= 0.3 is 0 Å². The lowest BCUT2D eigenvalue weighted by molar-refractivity contribution is -0.118. The number of hydrogen-bond donors (Lipinski definition) is 2. The number of fused-ring (bicyclic) bond motifs is 2. The number of nitrogens with one attached hydrogen (secondary N) is 2. The van der Waals surface area contributed by atoms with Crippen molar-refractivity contribution in [2.75, 3.05) is 18.5 Å². The van der Waals surface area contributed by atoms with E-state index in [2.05, 4.69) is 10.6 Å². The molecular formula is C23H24N2O3S. The smallest absolute Gasteiger partial charge is 0.262 e. The number of benzene rings is 2. The summed E-state index contributed by atoms with van der Waals surface area (Å²) in [5.41, 5.74) is 1.72. The van der Waals surface area contributed by atoms with E-state index < -0.39 is 0 Å². The highest BCUT2D eigenvalue weighted by molar-refractivity contribution is 7.17. The van der Waals surface area contributed by atoms with E-state index >= 15 is 0 Å². The Bertz CT molecular complexity index is 1050. The molecule has 1 aliphatic rings. The van der Waals surface area contributed by atoms with E-state index in [4.69, 9.17) is 4.74 Å². The number of anilines is 1. The fraction of sp³-hybridized carbons (Fsp3) is 0.304. The van der Waals surface area contributed by atoms with Gasteiger partial charge in [-0.15, -0.1) is 11.3 Å². The van der Waals surface area contributed by atoms with E-state index in [1.165, 1.54) is 16.2 Å². The third-order valence-electron chi connectivity index (χ3n) is 5.10. The van der Waals surface area contributed by atoms with Gasteiger partial charge < -0.3 is 15.4 Å². The van der Waals surface area contributed by atoms with Gasteiger partial charge in [0.05, 0.1) is 5.56 Å². The largest absolute Gasteiger partial charge is 0.483 e. The Morgan fingerprint density at radius 2 is 1.86 bits per heavy atom. The van der Waals surface area contributed by atoms with Crippen molar-refractivity contribution in [1.29, 1.82) is 0 Å². The van der Waals surface area contributed by atoms with Gasteiger partial charge in [-0.2, -0.15) is 0 Å². The molecule has 2 N–H and O–H groups in total. The van der Waals surface area contributed by atoms with Crippen LogP contribution in [0.25, 0.3) is 10.8 Å². The molecule has 29 heavy (non-hydrogen) atoms. The molecule has 5 nitrogen and oxygen atoms in total. The van der Waals surface area contributed by atoms with Gasteiger partial charge in [-0.05, 0) is 49.6 Å². The first-order valence-corrected chi connectivity index (χ1v) is 10.8. The molecule has 0 spiro atoms. The molecule has 4 rings (SSSR count). The van der Waals surface area contributed by atoms with Crippen LogP contribution in [0.4, 0.5) is 5.00 Å². The molecule has 2 aromatic carbocycles. The Morgan fingerprint density at radius 3 is 2.72 bits per heavy atom. The predicted molar refractivity (Wildman–Crippen MR) is 117 cm³/mol. The standard InChI is InChI=1S/C23H24N2O3S/c1-2-24-22(27)21-17-11-5-6-13-19(17)29-23(21)25-20(26)14-28-18-12-7-9-15-8-3-4-10-16(15)18/h3-4,7-10,12H,2,5-6,11,13-14H2,1H3,(H,24,27)(H,25,26). The Kier molecular flexibility index (Phi) is 5.81. The summed E-state index contributed by atoms with van der Waals surface area (Å²) < 4.78 is 5.80. The summed E-state index contributed by atoms with van der Waals surface area (Å²) in [6.45, 7) is 2.35. The summed E-state index contributed by atoms with van der Waals surface area (Å²) in [6, 6.07) is 13.7. The number of rotatable bonds is 6. The van der Waals surface area contributed by atoms with E-state index in [-0.39, 0.29) is 18.4 Å². The molecule has 0 bridgehead atoms. The molecule has 0 fully saturated rings. The monoisotopic (exact) mass is 408 g/mol. The summed E-state index contributed by atoms with van der Waals surface area (Å²) in [6.07, 6.45) is 4.06. The number of aryl methyl sites for hydroxylation is 1. The normalized spacial score (nSPS) is 13.0. The second-order valence-electron chi connectivity index (χ2n) is 7.09. The Hall–Kier alpha value is -2.86. The topological polar surface area (TPSA) is 67.4 Å². The van der Waals surface area contributed by atoms with Crippen LogP contribution in [-0.2, 0) is 17.6 Å². The van der Waals surface area contributed by atoms with Gasteiger partial charge in [-0.1, -0.05) is 36.4 Å². The number of amides is 2.